The molecule has 0 radical (unpaired) electrons. The average molecular weight is 216 g/mol. The Balaban J connectivity index is 2.62. The fourth-order valence-electron chi connectivity index (χ4n) is 1.63. The van der Waals surface area contributed by atoms with E-state index in [-0.39, 0.29) is 0 Å². The van der Waals surface area contributed by atoms with Crippen molar-refractivity contribution in [2.45, 2.75) is 0 Å². The Morgan fingerprint density at radius 3 is 2.38 bits per heavy atom. The summed E-state index contributed by atoms with van der Waals surface area (Å²) < 4.78 is 26.4. The third-order valence-corrected chi connectivity index (χ3v) is 2.40. The number of halogens is 2. The standard InChI is InChI=1S/C14H10F2/c1-2-10-5-3-4-6-12(10)13-8-7-11(15)9-14(13)16/h2-9H,1H2. The molecule has 0 nitrogen and oxygen atoms in total. The zero-order valence-corrected chi connectivity index (χ0v) is 8.58. The molecule has 0 aliphatic rings. The summed E-state index contributed by atoms with van der Waals surface area (Å²) in [5.74, 6) is -1.13. The minimum atomic E-state index is -0.572. The summed E-state index contributed by atoms with van der Waals surface area (Å²) in [5, 5.41) is 0. The van der Waals surface area contributed by atoms with Gasteiger partial charge in [0.25, 0.3) is 0 Å². The summed E-state index contributed by atoms with van der Waals surface area (Å²) in [6.45, 7) is 3.67. The van der Waals surface area contributed by atoms with Gasteiger partial charge in [-0.2, -0.15) is 0 Å². The molecular weight excluding hydrogens is 206 g/mol. The summed E-state index contributed by atoms with van der Waals surface area (Å²) >= 11 is 0. The number of rotatable bonds is 2. The van der Waals surface area contributed by atoms with Crippen molar-refractivity contribution in [3.05, 3.63) is 66.2 Å². The molecule has 0 unspecified atom stereocenters. The van der Waals surface area contributed by atoms with Crippen molar-refractivity contribution in [1.82, 2.24) is 0 Å². The van der Waals surface area contributed by atoms with E-state index in [0.717, 1.165) is 17.2 Å². The van der Waals surface area contributed by atoms with Crippen molar-refractivity contribution in [2.24, 2.45) is 0 Å². The van der Waals surface area contributed by atoms with Crippen LogP contribution < -0.4 is 0 Å². The lowest BCUT2D eigenvalue weighted by atomic mass is 9.99. The second-order valence-corrected chi connectivity index (χ2v) is 3.42. The van der Waals surface area contributed by atoms with Crippen LogP contribution in [0.1, 0.15) is 5.56 Å². The lowest BCUT2D eigenvalue weighted by molar-refractivity contribution is 0.585. The van der Waals surface area contributed by atoms with Crippen LogP contribution in [0.5, 0.6) is 0 Å². The number of hydrogen-bond donors (Lipinski definition) is 0. The maximum absolute atomic E-state index is 13.6. The highest BCUT2D eigenvalue weighted by atomic mass is 19.1. The third-order valence-electron chi connectivity index (χ3n) is 2.40. The summed E-state index contributed by atoms with van der Waals surface area (Å²) in [7, 11) is 0. The van der Waals surface area contributed by atoms with Crippen molar-refractivity contribution in [3.63, 3.8) is 0 Å². The van der Waals surface area contributed by atoms with E-state index in [1.165, 1.54) is 12.1 Å². The van der Waals surface area contributed by atoms with E-state index in [2.05, 4.69) is 6.58 Å². The van der Waals surface area contributed by atoms with Crippen LogP contribution >= 0.6 is 0 Å². The molecule has 0 spiro atoms. The number of benzene rings is 2. The molecule has 16 heavy (non-hydrogen) atoms. The van der Waals surface area contributed by atoms with Gasteiger partial charge in [0.05, 0.1) is 0 Å². The van der Waals surface area contributed by atoms with Crippen molar-refractivity contribution in [1.29, 1.82) is 0 Å². The molecule has 2 heteroatoms. The Bertz CT molecular complexity index is 530. The van der Waals surface area contributed by atoms with Gasteiger partial charge in [-0.1, -0.05) is 36.9 Å². The van der Waals surface area contributed by atoms with E-state index in [4.69, 9.17) is 0 Å². The van der Waals surface area contributed by atoms with Crippen LogP contribution in [-0.4, -0.2) is 0 Å². The monoisotopic (exact) mass is 216 g/mol. The van der Waals surface area contributed by atoms with Gasteiger partial charge in [-0.05, 0) is 23.3 Å². The minimum Gasteiger partial charge on any atom is -0.207 e. The first-order valence-electron chi connectivity index (χ1n) is 4.89. The van der Waals surface area contributed by atoms with Gasteiger partial charge in [0.1, 0.15) is 11.6 Å². The van der Waals surface area contributed by atoms with Gasteiger partial charge in [-0.3, -0.25) is 0 Å². The van der Waals surface area contributed by atoms with Crippen LogP contribution in [0.2, 0.25) is 0 Å². The van der Waals surface area contributed by atoms with Gasteiger partial charge >= 0.3 is 0 Å². The van der Waals surface area contributed by atoms with Gasteiger partial charge in [0.15, 0.2) is 0 Å². The van der Waals surface area contributed by atoms with Crippen molar-refractivity contribution >= 4 is 6.08 Å². The molecule has 0 bridgehead atoms. The summed E-state index contributed by atoms with van der Waals surface area (Å²) in [5.41, 5.74) is 1.93. The smallest absolute Gasteiger partial charge is 0.133 e. The molecule has 0 heterocycles. The van der Waals surface area contributed by atoms with Gasteiger partial charge < -0.3 is 0 Å². The lowest BCUT2D eigenvalue weighted by Crippen LogP contribution is -1.88. The highest BCUT2D eigenvalue weighted by molar-refractivity contribution is 5.74. The normalized spacial score (nSPS) is 10.1. The van der Waals surface area contributed by atoms with Gasteiger partial charge in [-0.25, -0.2) is 8.78 Å². The molecule has 0 aliphatic carbocycles. The molecule has 0 aliphatic heterocycles. The fraction of sp³-hybridized carbons (Fsp3) is 0. The second kappa shape index (κ2) is 4.27. The van der Waals surface area contributed by atoms with Crippen LogP contribution in [0.4, 0.5) is 8.78 Å². The molecular formula is C14H10F2. The largest absolute Gasteiger partial charge is 0.207 e. The molecule has 0 atom stereocenters. The van der Waals surface area contributed by atoms with E-state index in [9.17, 15) is 8.78 Å². The van der Waals surface area contributed by atoms with Gasteiger partial charge in [-0.15, -0.1) is 0 Å². The average Bonchev–Trinajstić information content (AvgIpc) is 2.29. The maximum Gasteiger partial charge on any atom is 0.133 e. The Morgan fingerprint density at radius 1 is 0.938 bits per heavy atom. The first kappa shape index (κ1) is 10.6. The highest BCUT2D eigenvalue weighted by Gasteiger charge is 2.08. The van der Waals surface area contributed by atoms with E-state index in [1.807, 2.05) is 18.2 Å². The second-order valence-electron chi connectivity index (χ2n) is 3.42. The molecule has 2 aromatic rings. The Hall–Kier alpha value is -1.96. The number of hydrogen-bond acceptors (Lipinski definition) is 0. The zero-order chi connectivity index (χ0) is 11.5. The van der Waals surface area contributed by atoms with Crippen LogP contribution in [0.3, 0.4) is 0 Å². The SMILES string of the molecule is C=Cc1ccccc1-c1ccc(F)cc1F. The Labute approximate surface area is 92.9 Å². The first-order valence-corrected chi connectivity index (χ1v) is 4.89. The van der Waals surface area contributed by atoms with Crippen LogP contribution in [0.25, 0.3) is 17.2 Å². The highest BCUT2D eigenvalue weighted by Crippen LogP contribution is 2.27. The molecule has 0 aromatic heterocycles. The Morgan fingerprint density at radius 2 is 1.69 bits per heavy atom. The molecule has 0 saturated heterocycles. The predicted molar refractivity (Wildman–Crippen MR) is 61.9 cm³/mol. The molecule has 0 fully saturated rings. The van der Waals surface area contributed by atoms with Crippen molar-refractivity contribution in [2.75, 3.05) is 0 Å². The molecule has 0 amide bonds. The summed E-state index contributed by atoms with van der Waals surface area (Å²) in [4.78, 5) is 0. The third kappa shape index (κ3) is 1.87. The molecule has 2 rings (SSSR count). The van der Waals surface area contributed by atoms with Crippen LogP contribution in [0, 0.1) is 11.6 Å². The molecule has 0 saturated carbocycles. The lowest BCUT2D eigenvalue weighted by Gasteiger charge is -2.07. The Kier molecular flexibility index (Phi) is 2.82. The van der Waals surface area contributed by atoms with E-state index >= 15 is 0 Å². The van der Waals surface area contributed by atoms with E-state index in [0.29, 0.717) is 5.56 Å². The minimum absolute atomic E-state index is 0.386. The van der Waals surface area contributed by atoms with Gasteiger partial charge in [0, 0.05) is 11.6 Å². The van der Waals surface area contributed by atoms with Crippen molar-refractivity contribution in [3.8, 4) is 11.1 Å². The van der Waals surface area contributed by atoms with E-state index in [1.54, 1.807) is 12.1 Å². The molecule has 80 valence electrons. The topological polar surface area (TPSA) is 0 Å². The van der Waals surface area contributed by atoms with Gasteiger partial charge in [0.2, 0.25) is 0 Å². The zero-order valence-electron chi connectivity index (χ0n) is 8.58. The molecule has 2 aromatic carbocycles. The first-order chi connectivity index (χ1) is 7.72. The predicted octanol–water partition coefficient (Wildman–Crippen LogP) is 4.27. The fourth-order valence-corrected chi connectivity index (χ4v) is 1.63. The van der Waals surface area contributed by atoms with Crippen molar-refractivity contribution < 1.29 is 8.78 Å². The van der Waals surface area contributed by atoms with Crippen LogP contribution in [-0.2, 0) is 0 Å². The quantitative estimate of drug-likeness (QED) is 0.703. The summed E-state index contributed by atoms with van der Waals surface area (Å²) in [6.07, 6.45) is 1.65. The summed E-state index contributed by atoms with van der Waals surface area (Å²) in [6, 6.07) is 10.9. The molecule has 0 N–H and O–H groups in total. The van der Waals surface area contributed by atoms with Crippen LogP contribution in [0.15, 0.2) is 49.0 Å². The van der Waals surface area contributed by atoms with E-state index < -0.39 is 11.6 Å². The maximum atomic E-state index is 13.6.